The molecule has 1 heterocycles. The van der Waals surface area contributed by atoms with Crippen molar-refractivity contribution in [1.82, 2.24) is 14.8 Å². The summed E-state index contributed by atoms with van der Waals surface area (Å²) in [7, 11) is 3.79. The van der Waals surface area contributed by atoms with Crippen LogP contribution in [0.4, 0.5) is 5.13 Å². The Morgan fingerprint density at radius 1 is 1.24 bits per heavy atom. The fraction of sp³-hybridized carbons (Fsp3) is 0.312. The standard InChI is InChI=1S/C16H18Cl2N4O2S/c1-21(2)6-7-22(10-14(23)20-16-19-5-8-25-16)15(24)12-4-3-11(17)9-13(12)18/h3-5,8-9H,6-7,10H2,1-2H3,(H,19,20,23). The van der Waals surface area contributed by atoms with Crippen LogP contribution in [0, 0.1) is 0 Å². The first kappa shape index (κ1) is 19.7. The number of carbonyl (C=O) groups excluding carboxylic acids is 2. The molecule has 0 aliphatic heterocycles. The Morgan fingerprint density at radius 3 is 2.60 bits per heavy atom. The zero-order valence-electron chi connectivity index (χ0n) is 13.8. The molecule has 134 valence electrons. The average Bonchev–Trinajstić information content (AvgIpc) is 3.03. The van der Waals surface area contributed by atoms with Crippen LogP contribution in [0.1, 0.15) is 10.4 Å². The van der Waals surface area contributed by atoms with Crippen LogP contribution in [-0.2, 0) is 4.79 Å². The highest BCUT2D eigenvalue weighted by Crippen LogP contribution is 2.22. The number of halogens is 2. The van der Waals surface area contributed by atoms with Gasteiger partial charge in [0, 0.05) is 29.7 Å². The van der Waals surface area contributed by atoms with Crippen LogP contribution < -0.4 is 5.32 Å². The second kappa shape index (κ2) is 9.15. The van der Waals surface area contributed by atoms with E-state index in [0.717, 1.165) is 0 Å². The van der Waals surface area contributed by atoms with Crippen LogP contribution in [0.2, 0.25) is 10.0 Å². The first-order valence-electron chi connectivity index (χ1n) is 7.45. The van der Waals surface area contributed by atoms with Gasteiger partial charge in [0.05, 0.1) is 10.6 Å². The van der Waals surface area contributed by atoms with Crippen molar-refractivity contribution >= 4 is 51.5 Å². The molecule has 0 saturated carbocycles. The fourth-order valence-corrected chi connectivity index (χ4v) is 3.06. The predicted octanol–water partition coefficient (Wildman–Crippen LogP) is 3.09. The molecule has 6 nitrogen and oxygen atoms in total. The Morgan fingerprint density at radius 2 is 2.00 bits per heavy atom. The Balaban J connectivity index is 2.13. The highest BCUT2D eigenvalue weighted by atomic mass is 35.5. The molecule has 2 amide bonds. The van der Waals surface area contributed by atoms with E-state index in [-0.39, 0.29) is 23.4 Å². The average molecular weight is 401 g/mol. The molecule has 1 N–H and O–H groups in total. The molecule has 1 aromatic carbocycles. The maximum Gasteiger partial charge on any atom is 0.255 e. The lowest BCUT2D eigenvalue weighted by Crippen LogP contribution is -2.41. The van der Waals surface area contributed by atoms with Gasteiger partial charge < -0.3 is 15.1 Å². The molecule has 0 fully saturated rings. The highest BCUT2D eigenvalue weighted by molar-refractivity contribution is 7.13. The van der Waals surface area contributed by atoms with Crippen molar-refractivity contribution in [2.45, 2.75) is 0 Å². The number of carbonyl (C=O) groups is 2. The summed E-state index contributed by atoms with van der Waals surface area (Å²) < 4.78 is 0. The number of nitrogens with one attached hydrogen (secondary N) is 1. The highest BCUT2D eigenvalue weighted by Gasteiger charge is 2.21. The Kier molecular flexibility index (Phi) is 7.19. The van der Waals surface area contributed by atoms with Crippen molar-refractivity contribution in [3.8, 4) is 0 Å². The van der Waals surface area contributed by atoms with Crippen molar-refractivity contribution < 1.29 is 9.59 Å². The summed E-state index contributed by atoms with van der Waals surface area (Å²) >= 11 is 13.3. The minimum Gasteiger partial charge on any atom is -0.328 e. The largest absolute Gasteiger partial charge is 0.328 e. The van der Waals surface area contributed by atoms with Gasteiger partial charge >= 0.3 is 0 Å². The second-order valence-electron chi connectivity index (χ2n) is 5.54. The molecule has 0 spiro atoms. The molecule has 0 aliphatic carbocycles. The van der Waals surface area contributed by atoms with Gasteiger partial charge in [-0.25, -0.2) is 4.98 Å². The molecule has 2 rings (SSSR count). The van der Waals surface area contributed by atoms with Crippen LogP contribution in [0.5, 0.6) is 0 Å². The van der Waals surface area contributed by atoms with Gasteiger partial charge in [-0.15, -0.1) is 11.3 Å². The van der Waals surface area contributed by atoms with E-state index < -0.39 is 0 Å². The smallest absolute Gasteiger partial charge is 0.255 e. The summed E-state index contributed by atoms with van der Waals surface area (Å²) in [5.74, 6) is -0.634. The first-order chi connectivity index (χ1) is 11.9. The molecule has 0 atom stereocenters. The maximum atomic E-state index is 12.8. The molecular weight excluding hydrogens is 383 g/mol. The molecule has 9 heteroatoms. The summed E-state index contributed by atoms with van der Waals surface area (Å²) in [6.07, 6.45) is 1.60. The molecule has 0 unspecified atom stereocenters. The molecule has 1 aromatic heterocycles. The quantitative estimate of drug-likeness (QED) is 0.775. The van der Waals surface area contributed by atoms with Crippen molar-refractivity contribution in [2.75, 3.05) is 39.0 Å². The number of benzene rings is 1. The van der Waals surface area contributed by atoms with Crippen molar-refractivity contribution in [3.63, 3.8) is 0 Å². The van der Waals surface area contributed by atoms with Gasteiger partial charge in [-0.05, 0) is 32.3 Å². The zero-order valence-corrected chi connectivity index (χ0v) is 16.2. The van der Waals surface area contributed by atoms with Crippen LogP contribution in [0.15, 0.2) is 29.8 Å². The van der Waals surface area contributed by atoms with E-state index in [1.165, 1.54) is 22.3 Å². The topological polar surface area (TPSA) is 65.5 Å². The third-order valence-electron chi connectivity index (χ3n) is 3.28. The first-order valence-corrected chi connectivity index (χ1v) is 9.09. The number of amides is 2. The van der Waals surface area contributed by atoms with Crippen molar-refractivity contribution in [2.24, 2.45) is 0 Å². The number of hydrogen-bond acceptors (Lipinski definition) is 5. The van der Waals surface area contributed by atoms with Gasteiger partial charge in [0.2, 0.25) is 5.91 Å². The minimum atomic E-state index is -0.321. The summed E-state index contributed by atoms with van der Waals surface area (Å²) in [5, 5.41) is 5.64. The normalized spacial score (nSPS) is 10.8. The monoisotopic (exact) mass is 400 g/mol. The van der Waals surface area contributed by atoms with Gasteiger partial charge in [0.25, 0.3) is 5.91 Å². The maximum absolute atomic E-state index is 12.8. The predicted molar refractivity (Wildman–Crippen MR) is 102 cm³/mol. The van der Waals surface area contributed by atoms with E-state index >= 15 is 0 Å². The number of rotatable bonds is 7. The zero-order chi connectivity index (χ0) is 18.4. The van der Waals surface area contributed by atoms with Gasteiger partial charge in [-0.1, -0.05) is 23.2 Å². The van der Waals surface area contributed by atoms with Crippen LogP contribution in [-0.4, -0.2) is 60.3 Å². The van der Waals surface area contributed by atoms with E-state index in [1.54, 1.807) is 23.7 Å². The summed E-state index contributed by atoms with van der Waals surface area (Å²) in [5.41, 5.74) is 0.312. The van der Waals surface area contributed by atoms with Crippen LogP contribution in [0.25, 0.3) is 0 Å². The summed E-state index contributed by atoms with van der Waals surface area (Å²) in [6.45, 7) is 0.906. The third kappa shape index (κ3) is 5.97. The third-order valence-corrected chi connectivity index (χ3v) is 4.52. The van der Waals surface area contributed by atoms with E-state index in [9.17, 15) is 9.59 Å². The molecule has 0 saturated heterocycles. The lowest BCUT2D eigenvalue weighted by molar-refractivity contribution is -0.116. The fourth-order valence-electron chi connectivity index (χ4n) is 2.02. The number of likely N-dealkylation sites (N-methyl/N-ethyl adjacent to an activating group) is 1. The molecule has 0 radical (unpaired) electrons. The Bertz CT molecular complexity index is 738. The molecule has 0 bridgehead atoms. The van der Waals surface area contributed by atoms with Gasteiger partial charge in [0.1, 0.15) is 6.54 Å². The summed E-state index contributed by atoms with van der Waals surface area (Å²) in [6, 6.07) is 4.67. The Labute approximate surface area is 160 Å². The van der Waals surface area contributed by atoms with Crippen LogP contribution >= 0.6 is 34.5 Å². The number of aromatic nitrogens is 1. The second-order valence-corrected chi connectivity index (χ2v) is 7.28. The number of anilines is 1. The van der Waals surface area contributed by atoms with Crippen molar-refractivity contribution in [1.29, 1.82) is 0 Å². The van der Waals surface area contributed by atoms with E-state index in [0.29, 0.717) is 28.8 Å². The lowest BCUT2D eigenvalue weighted by Gasteiger charge is -2.24. The number of thiazole rings is 1. The SMILES string of the molecule is CN(C)CCN(CC(=O)Nc1nccs1)C(=O)c1ccc(Cl)cc1Cl. The van der Waals surface area contributed by atoms with Crippen LogP contribution in [0.3, 0.4) is 0 Å². The molecule has 2 aromatic rings. The molecular formula is C16H18Cl2N4O2S. The summed E-state index contributed by atoms with van der Waals surface area (Å²) in [4.78, 5) is 32.4. The van der Waals surface area contributed by atoms with E-state index in [1.807, 2.05) is 19.0 Å². The van der Waals surface area contributed by atoms with Gasteiger partial charge in [-0.2, -0.15) is 0 Å². The number of hydrogen-bond donors (Lipinski definition) is 1. The Hall–Kier alpha value is -1.67. The van der Waals surface area contributed by atoms with Gasteiger partial charge in [0.15, 0.2) is 5.13 Å². The molecule has 0 aliphatic rings. The lowest BCUT2D eigenvalue weighted by atomic mass is 10.2. The minimum absolute atomic E-state index is 0.0921. The number of nitrogens with zero attached hydrogens (tertiary/aromatic N) is 3. The van der Waals surface area contributed by atoms with E-state index in [4.69, 9.17) is 23.2 Å². The van der Waals surface area contributed by atoms with E-state index in [2.05, 4.69) is 10.3 Å². The van der Waals surface area contributed by atoms with Crippen molar-refractivity contribution in [3.05, 3.63) is 45.4 Å². The molecule has 25 heavy (non-hydrogen) atoms. The van der Waals surface area contributed by atoms with Gasteiger partial charge in [-0.3, -0.25) is 9.59 Å².